The average molecular weight is 699 g/mol. The number of carbonyl (C=O) groups is 3. The van der Waals surface area contributed by atoms with Crippen molar-refractivity contribution in [2.24, 2.45) is 17.3 Å². The minimum absolute atomic E-state index is 0.0666. The molecular weight excluding hydrogens is 648 g/mol. The van der Waals surface area contributed by atoms with E-state index < -0.39 is 33.3 Å². The fourth-order valence-electron chi connectivity index (χ4n) is 6.32. The number of aryl methyl sites for hydroxylation is 1. The third-order valence-electron chi connectivity index (χ3n) is 9.12. The normalized spacial score (nSPS) is 15.2. The van der Waals surface area contributed by atoms with Crippen molar-refractivity contribution < 1.29 is 32.6 Å². The number of hydrogen-bond donors (Lipinski definition) is 4. The molecule has 2 atom stereocenters. The monoisotopic (exact) mass is 698 g/mol. The Morgan fingerprint density at radius 3 is 2.31 bits per heavy atom. The molecule has 14 heteroatoms. The van der Waals surface area contributed by atoms with Crippen molar-refractivity contribution in [2.75, 3.05) is 0 Å². The predicted octanol–water partition coefficient (Wildman–Crippen LogP) is 5.26. The molecule has 4 N–H and O–H groups in total. The van der Waals surface area contributed by atoms with Gasteiger partial charge in [-0.15, -0.1) is 0 Å². The van der Waals surface area contributed by atoms with Crippen LogP contribution in [-0.4, -0.2) is 55.7 Å². The molecule has 1 fully saturated rings. The van der Waals surface area contributed by atoms with E-state index in [2.05, 4.69) is 15.5 Å². The van der Waals surface area contributed by atoms with Crippen molar-refractivity contribution in [3.8, 4) is 0 Å². The van der Waals surface area contributed by atoms with Gasteiger partial charge in [0.05, 0.1) is 22.8 Å². The van der Waals surface area contributed by atoms with Crippen LogP contribution in [0.3, 0.4) is 0 Å². The van der Waals surface area contributed by atoms with Crippen molar-refractivity contribution in [3.63, 3.8) is 0 Å². The number of hydrazine groups is 1. The van der Waals surface area contributed by atoms with Crippen molar-refractivity contribution in [1.82, 2.24) is 30.7 Å². The van der Waals surface area contributed by atoms with Crippen molar-refractivity contribution in [1.29, 1.82) is 0 Å². The molecule has 1 saturated carbocycles. The Balaban J connectivity index is 0.000000501. The van der Waals surface area contributed by atoms with Crippen molar-refractivity contribution in [3.05, 3.63) is 78.4 Å². The van der Waals surface area contributed by atoms with E-state index in [0.717, 1.165) is 24.0 Å². The summed E-state index contributed by atoms with van der Waals surface area (Å²) in [6.45, 7) is 5.61. The fraction of sp³-hybridized carbons (Fsp3) is 0.514. The molecule has 0 spiro atoms. The van der Waals surface area contributed by atoms with Gasteiger partial charge in [-0.3, -0.25) is 29.6 Å². The summed E-state index contributed by atoms with van der Waals surface area (Å²) in [6, 6.07) is 15.4. The lowest BCUT2D eigenvalue weighted by molar-refractivity contribution is -0.154. The van der Waals surface area contributed by atoms with E-state index in [1.54, 1.807) is 24.5 Å². The number of aromatic nitrogens is 3. The number of benzene rings is 2. The molecule has 268 valence electrons. The molecule has 1 aliphatic rings. The third-order valence-corrected chi connectivity index (χ3v) is 9.99. The zero-order valence-electron chi connectivity index (χ0n) is 28.6. The van der Waals surface area contributed by atoms with Crippen LogP contribution in [0.15, 0.2) is 72.1 Å². The smallest absolute Gasteiger partial charge is 0.289 e. The third kappa shape index (κ3) is 12.4. The van der Waals surface area contributed by atoms with Gasteiger partial charge in [0.1, 0.15) is 19.2 Å². The van der Waals surface area contributed by atoms with E-state index in [1.807, 2.05) is 44.2 Å². The molecule has 0 aliphatic heterocycles. The Bertz CT molecular complexity index is 1560. The van der Waals surface area contributed by atoms with Gasteiger partial charge in [0, 0.05) is 0 Å². The summed E-state index contributed by atoms with van der Waals surface area (Å²) >= 11 is 0. The van der Waals surface area contributed by atoms with Gasteiger partial charge in [-0.05, 0) is 50.3 Å². The number of carbonyl (C=O) groups excluding carboxylic acids is 3. The van der Waals surface area contributed by atoms with E-state index in [-0.39, 0.29) is 23.9 Å². The molecule has 3 amide bonds. The number of amides is 3. The first-order chi connectivity index (χ1) is 23.4. The number of nitrogens with one attached hydrogen (secondary N) is 2. The quantitative estimate of drug-likeness (QED) is 0.0991. The maximum atomic E-state index is 13.9. The second-order valence-electron chi connectivity index (χ2n) is 12.9. The van der Waals surface area contributed by atoms with Crippen LogP contribution >= 0.6 is 0 Å². The summed E-state index contributed by atoms with van der Waals surface area (Å²) in [4.78, 5) is 43.9. The summed E-state index contributed by atoms with van der Waals surface area (Å²) in [6.07, 6.45) is 12.4. The lowest BCUT2D eigenvalue weighted by Crippen LogP contribution is -2.55. The van der Waals surface area contributed by atoms with Gasteiger partial charge in [0.25, 0.3) is 16.0 Å². The lowest BCUT2D eigenvalue weighted by Gasteiger charge is -2.37. The summed E-state index contributed by atoms with van der Waals surface area (Å²) in [5.41, 5.74) is 5.29. The highest BCUT2D eigenvalue weighted by atomic mass is 32.2. The molecule has 1 aromatic heterocycles. The van der Waals surface area contributed by atoms with Gasteiger partial charge >= 0.3 is 0 Å². The van der Waals surface area contributed by atoms with Crippen LogP contribution in [-0.2, 0) is 37.6 Å². The van der Waals surface area contributed by atoms with Gasteiger partial charge in [0.2, 0.25) is 11.8 Å². The molecule has 0 saturated heterocycles. The summed E-state index contributed by atoms with van der Waals surface area (Å²) in [5.74, 6) is -1.44. The van der Waals surface area contributed by atoms with E-state index in [4.69, 9.17) is 4.55 Å². The van der Waals surface area contributed by atoms with E-state index in [9.17, 15) is 28.0 Å². The molecule has 13 nitrogen and oxygen atoms in total. The Morgan fingerprint density at radius 1 is 1.06 bits per heavy atom. The van der Waals surface area contributed by atoms with E-state index in [0.29, 0.717) is 25.2 Å². The van der Waals surface area contributed by atoms with Crippen molar-refractivity contribution in [2.45, 2.75) is 103 Å². The molecule has 0 radical (unpaired) electrons. The maximum Gasteiger partial charge on any atom is 0.294 e. The first kappa shape index (κ1) is 39.3. The zero-order valence-corrected chi connectivity index (χ0v) is 29.4. The topological polar surface area (TPSA) is 184 Å². The zero-order chi connectivity index (χ0) is 35.9. The average Bonchev–Trinajstić information content (AvgIpc) is 3.60. The highest BCUT2D eigenvalue weighted by Crippen LogP contribution is 2.38. The molecule has 1 heterocycles. The second kappa shape index (κ2) is 19.2. The first-order valence-corrected chi connectivity index (χ1v) is 18.3. The molecule has 49 heavy (non-hydrogen) atoms. The Morgan fingerprint density at radius 2 is 1.73 bits per heavy atom. The molecule has 2 aromatic carbocycles. The standard InChI is InChI=1S/C28H42N6O4.C7H8O3S/c1-3-17-28(2,24(26(36)32-38)16-10-15-22-11-6-4-7-12-22)27(37)31-34(18-23-13-8-5-9-14-23)25(35)19-33-21-29-20-30-33;1-6-2-4-7(5-3-6)11(8,9)10/h5,8-9,13-14,20-22,24,38H,3-4,6-7,10-12,15-19H2,1-2H3,(H,31,37)(H,32,36);2-5H,1H3,(H,8,9,10)/t24-,28-;/m1./s1. The van der Waals surface area contributed by atoms with Crippen LogP contribution in [0, 0.1) is 24.2 Å². The number of hydroxylamine groups is 1. The van der Waals surface area contributed by atoms with Gasteiger partial charge in [0.15, 0.2) is 0 Å². The van der Waals surface area contributed by atoms with Crippen LogP contribution in [0.25, 0.3) is 0 Å². The van der Waals surface area contributed by atoms with Crippen LogP contribution in [0.2, 0.25) is 0 Å². The molecular formula is C35H50N6O7S. The van der Waals surface area contributed by atoms with E-state index in [1.165, 1.54) is 66.6 Å². The first-order valence-electron chi connectivity index (χ1n) is 16.8. The van der Waals surface area contributed by atoms with Gasteiger partial charge < -0.3 is 0 Å². The van der Waals surface area contributed by atoms with Gasteiger partial charge in [-0.2, -0.15) is 13.5 Å². The molecule has 3 aromatic rings. The SMILES string of the molecule is CCC[C@@](C)(C(=O)NN(Cc1ccccc1)C(=O)Cn1cncn1)[C@H](CCCC1CCCCC1)C(=O)NO.Cc1ccc(S(=O)(=O)O)cc1. The Kier molecular flexibility index (Phi) is 15.4. The predicted molar refractivity (Wildman–Crippen MR) is 183 cm³/mol. The van der Waals surface area contributed by atoms with Crippen LogP contribution in [0.1, 0.15) is 89.2 Å². The van der Waals surface area contributed by atoms with Crippen LogP contribution < -0.4 is 10.9 Å². The van der Waals surface area contributed by atoms with Gasteiger partial charge in [-0.25, -0.2) is 20.2 Å². The molecule has 1 aliphatic carbocycles. The Hall–Kier alpha value is -4.14. The van der Waals surface area contributed by atoms with Crippen molar-refractivity contribution >= 4 is 27.8 Å². The second-order valence-corrected chi connectivity index (χ2v) is 14.3. The van der Waals surface area contributed by atoms with Crippen LogP contribution in [0.5, 0.6) is 0 Å². The molecule has 0 unspecified atom stereocenters. The fourth-order valence-corrected chi connectivity index (χ4v) is 6.80. The summed E-state index contributed by atoms with van der Waals surface area (Å²) < 4.78 is 30.9. The minimum Gasteiger partial charge on any atom is -0.289 e. The number of rotatable bonds is 14. The van der Waals surface area contributed by atoms with Gasteiger partial charge in [-0.1, -0.05) is 106 Å². The highest BCUT2D eigenvalue weighted by Gasteiger charge is 2.45. The number of hydrogen-bond acceptors (Lipinski definition) is 8. The summed E-state index contributed by atoms with van der Waals surface area (Å²) in [7, 11) is -4.02. The maximum absolute atomic E-state index is 13.9. The number of nitrogens with zero attached hydrogens (tertiary/aromatic N) is 4. The minimum atomic E-state index is -4.02. The summed E-state index contributed by atoms with van der Waals surface area (Å²) in [5, 5.41) is 14.8. The lowest BCUT2D eigenvalue weighted by atomic mass is 9.70. The Labute approximate surface area is 289 Å². The molecule has 4 rings (SSSR count). The van der Waals surface area contributed by atoms with E-state index >= 15 is 0 Å². The molecule has 0 bridgehead atoms. The largest absolute Gasteiger partial charge is 0.294 e. The highest BCUT2D eigenvalue weighted by molar-refractivity contribution is 7.85. The van der Waals surface area contributed by atoms with Crippen LogP contribution in [0.4, 0.5) is 0 Å².